The van der Waals surface area contributed by atoms with Crippen LogP contribution in [0.3, 0.4) is 0 Å². The number of carbonyl (C=O) groups excluding carboxylic acids is 1. The van der Waals surface area contributed by atoms with Crippen LogP contribution in [0.1, 0.15) is 53.4 Å². The van der Waals surface area contributed by atoms with E-state index in [0.29, 0.717) is 18.3 Å². The average Bonchev–Trinajstić information content (AvgIpc) is 2.31. The number of hydrogen-bond donors (Lipinski definition) is 3. The molecule has 1 aliphatic carbocycles. The van der Waals surface area contributed by atoms with Crippen molar-refractivity contribution < 1.29 is 14.7 Å². The highest BCUT2D eigenvalue weighted by molar-refractivity contribution is 5.82. The number of urea groups is 1. The van der Waals surface area contributed by atoms with Gasteiger partial charge in [0.25, 0.3) is 0 Å². The van der Waals surface area contributed by atoms with Gasteiger partial charge in [-0.3, -0.25) is 0 Å². The molecule has 0 bridgehead atoms. The maximum Gasteiger partial charge on any atom is 0.326 e. The van der Waals surface area contributed by atoms with Crippen molar-refractivity contribution in [1.29, 1.82) is 0 Å². The van der Waals surface area contributed by atoms with Gasteiger partial charge in [-0.25, -0.2) is 9.59 Å². The maximum absolute atomic E-state index is 11.9. The lowest BCUT2D eigenvalue weighted by Gasteiger charge is -2.33. The summed E-state index contributed by atoms with van der Waals surface area (Å²) in [6, 6.07) is -1.02. The van der Waals surface area contributed by atoms with Gasteiger partial charge in [0.05, 0.1) is 0 Å². The fourth-order valence-electron chi connectivity index (χ4n) is 2.94. The Bertz CT molecular complexity index is 344. The minimum absolute atomic E-state index is 0.152. The Hall–Kier alpha value is -1.26. The number of rotatable bonds is 5. The molecule has 0 spiro atoms. The van der Waals surface area contributed by atoms with Crippen molar-refractivity contribution in [3.05, 3.63) is 0 Å². The molecule has 0 aromatic rings. The summed E-state index contributed by atoms with van der Waals surface area (Å²) in [5.41, 5.74) is 0. The van der Waals surface area contributed by atoms with Crippen molar-refractivity contribution in [3.63, 3.8) is 0 Å². The predicted octanol–water partition coefficient (Wildman–Crippen LogP) is 2.61. The lowest BCUT2D eigenvalue weighted by Crippen LogP contribution is -2.51. The van der Waals surface area contributed by atoms with Crippen molar-refractivity contribution >= 4 is 12.0 Å². The van der Waals surface area contributed by atoms with E-state index < -0.39 is 12.0 Å². The molecule has 116 valence electrons. The third-order valence-electron chi connectivity index (χ3n) is 4.06. The van der Waals surface area contributed by atoms with Crippen molar-refractivity contribution in [3.8, 4) is 0 Å². The van der Waals surface area contributed by atoms with Gasteiger partial charge in [0.15, 0.2) is 0 Å². The summed E-state index contributed by atoms with van der Waals surface area (Å²) < 4.78 is 0. The van der Waals surface area contributed by atoms with E-state index in [9.17, 15) is 9.59 Å². The van der Waals surface area contributed by atoms with Gasteiger partial charge in [0, 0.05) is 6.04 Å². The first-order valence-electron chi connectivity index (χ1n) is 7.59. The standard InChI is InChI=1S/C15H28N2O3/c1-9(2)7-13(14(18)19)17-15(20)16-12-6-5-10(3)8-11(12)4/h9-13H,5-8H2,1-4H3,(H,18,19)(H2,16,17,20)/t10?,11?,12?,13-/m1/s1. The monoisotopic (exact) mass is 284 g/mol. The zero-order valence-corrected chi connectivity index (χ0v) is 13.0. The van der Waals surface area contributed by atoms with E-state index in [1.807, 2.05) is 13.8 Å². The number of amides is 2. The molecule has 0 aromatic heterocycles. The summed E-state index contributed by atoms with van der Waals surface area (Å²) in [7, 11) is 0. The molecule has 3 N–H and O–H groups in total. The Kier molecular flexibility index (Phi) is 6.30. The minimum atomic E-state index is -0.973. The van der Waals surface area contributed by atoms with Crippen molar-refractivity contribution in [2.45, 2.75) is 65.5 Å². The molecule has 5 nitrogen and oxygen atoms in total. The van der Waals surface area contributed by atoms with Gasteiger partial charge in [0.2, 0.25) is 0 Å². The SMILES string of the molecule is CC(C)C[C@@H](NC(=O)NC1CCC(C)CC1C)C(=O)O. The molecule has 0 heterocycles. The van der Waals surface area contributed by atoms with Crippen LogP contribution in [0.2, 0.25) is 0 Å². The molecule has 1 aliphatic rings. The number of hydrogen-bond acceptors (Lipinski definition) is 2. The molecule has 0 aromatic carbocycles. The molecule has 1 rings (SSSR count). The minimum Gasteiger partial charge on any atom is -0.480 e. The van der Waals surface area contributed by atoms with Gasteiger partial charge >= 0.3 is 12.0 Å². The zero-order valence-electron chi connectivity index (χ0n) is 13.0. The van der Waals surface area contributed by atoms with Gasteiger partial charge in [-0.05, 0) is 43.4 Å². The lowest BCUT2D eigenvalue weighted by atomic mass is 9.80. The highest BCUT2D eigenvalue weighted by atomic mass is 16.4. The second-order valence-electron chi connectivity index (χ2n) is 6.64. The second-order valence-corrected chi connectivity index (χ2v) is 6.64. The highest BCUT2D eigenvalue weighted by Crippen LogP contribution is 2.28. The van der Waals surface area contributed by atoms with E-state index in [4.69, 9.17) is 5.11 Å². The van der Waals surface area contributed by atoms with Gasteiger partial charge in [-0.15, -0.1) is 0 Å². The number of carboxylic acid groups (broad SMARTS) is 1. The number of nitrogens with one attached hydrogen (secondary N) is 2. The predicted molar refractivity (Wildman–Crippen MR) is 78.5 cm³/mol. The van der Waals surface area contributed by atoms with E-state index in [1.165, 1.54) is 0 Å². The zero-order chi connectivity index (χ0) is 15.3. The topological polar surface area (TPSA) is 78.4 Å². The maximum atomic E-state index is 11.9. The fraction of sp³-hybridized carbons (Fsp3) is 0.867. The van der Waals surface area contributed by atoms with Crippen molar-refractivity contribution in [2.75, 3.05) is 0 Å². The molecular formula is C15H28N2O3. The molecule has 1 fully saturated rings. The van der Waals surface area contributed by atoms with Gasteiger partial charge in [0.1, 0.15) is 6.04 Å². The molecule has 0 aliphatic heterocycles. The molecule has 2 amide bonds. The van der Waals surface area contributed by atoms with Crippen LogP contribution < -0.4 is 10.6 Å². The summed E-state index contributed by atoms with van der Waals surface area (Å²) in [5, 5.41) is 14.6. The van der Waals surface area contributed by atoms with Crippen LogP contribution in [0.15, 0.2) is 0 Å². The Morgan fingerprint density at radius 3 is 2.40 bits per heavy atom. The first-order chi connectivity index (χ1) is 9.29. The van der Waals surface area contributed by atoms with Crippen molar-refractivity contribution in [1.82, 2.24) is 10.6 Å². The first-order valence-corrected chi connectivity index (χ1v) is 7.59. The van der Waals surface area contributed by atoms with Crippen LogP contribution in [-0.4, -0.2) is 29.2 Å². The molecule has 3 unspecified atom stereocenters. The van der Waals surface area contributed by atoms with Crippen LogP contribution in [0.4, 0.5) is 4.79 Å². The summed E-state index contributed by atoms with van der Waals surface area (Å²) in [5.74, 6) is 0.404. The van der Waals surface area contributed by atoms with Crippen LogP contribution in [0, 0.1) is 17.8 Å². The molecule has 20 heavy (non-hydrogen) atoms. The summed E-state index contributed by atoms with van der Waals surface area (Å²) in [4.78, 5) is 23.1. The Morgan fingerprint density at radius 2 is 1.90 bits per heavy atom. The summed E-state index contributed by atoms with van der Waals surface area (Å²) in [6.07, 6.45) is 3.64. The molecule has 5 heteroatoms. The van der Waals surface area contributed by atoms with Crippen LogP contribution >= 0.6 is 0 Å². The van der Waals surface area contributed by atoms with Gasteiger partial charge in [-0.2, -0.15) is 0 Å². The van der Waals surface area contributed by atoms with Gasteiger partial charge < -0.3 is 15.7 Å². The largest absolute Gasteiger partial charge is 0.480 e. The van der Waals surface area contributed by atoms with Crippen LogP contribution in [0.5, 0.6) is 0 Å². The third-order valence-corrected chi connectivity index (χ3v) is 4.06. The summed E-state index contributed by atoms with van der Waals surface area (Å²) >= 11 is 0. The second kappa shape index (κ2) is 7.50. The number of carboxylic acids is 1. The van der Waals surface area contributed by atoms with E-state index in [-0.39, 0.29) is 18.0 Å². The van der Waals surface area contributed by atoms with E-state index in [0.717, 1.165) is 19.3 Å². The molecule has 0 saturated heterocycles. The lowest BCUT2D eigenvalue weighted by molar-refractivity contribution is -0.139. The summed E-state index contributed by atoms with van der Waals surface area (Å²) in [6.45, 7) is 8.26. The van der Waals surface area contributed by atoms with E-state index in [1.54, 1.807) is 0 Å². The molecular weight excluding hydrogens is 256 g/mol. The molecule has 4 atom stereocenters. The number of carbonyl (C=O) groups is 2. The average molecular weight is 284 g/mol. The number of aliphatic carboxylic acids is 1. The Morgan fingerprint density at radius 1 is 1.25 bits per heavy atom. The van der Waals surface area contributed by atoms with E-state index >= 15 is 0 Å². The fourth-order valence-corrected chi connectivity index (χ4v) is 2.94. The third kappa shape index (κ3) is 5.39. The smallest absolute Gasteiger partial charge is 0.326 e. The molecule has 0 radical (unpaired) electrons. The van der Waals surface area contributed by atoms with E-state index in [2.05, 4.69) is 24.5 Å². The quantitative estimate of drug-likeness (QED) is 0.726. The molecule has 1 saturated carbocycles. The normalized spacial score (nSPS) is 27.9. The highest BCUT2D eigenvalue weighted by Gasteiger charge is 2.28. The Balaban J connectivity index is 2.47. The van der Waals surface area contributed by atoms with Crippen molar-refractivity contribution in [2.24, 2.45) is 17.8 Å². The van der Waals surface area contributed by atoms with Crippen LogP contribution in [-0.2, 0) is 4.79 Å². The van der Waals surface area contributed by atoms with Gasteiger partial charge in [-0.1, -0.05) is 27.7 Å². The van der Waals surface area contributed by atoms with Crippen LogP contribution in [0.25, 0.3) is 0 Å². The Labute approximate surface area is 121 Å². The first kappa shape index (κ1) is 16.8.